The Labute approximate surface area is 195 Å². The molecule has 1 aliphatic rings. The van der Waals surface area contributed by atoms with Crippen LogP contribution < -0.4 is 15.6 Å². The molecule has 0 bridgehead atoms. The molecule has 0 radical (unpaired) electrons. The lowest BCUT2D eigenvalue weighted by atomic mass is 9.87. The van der Waals surface area contributed by atoms with Crippen LogP contribution in [0.2, 0.25) is 0 Å². The summed E-state index contributed by atoms with van der Waals surface area (Å²) < 4.78 is 7.17. The number of methoxy groups -OCH3 is 1. The van der Waals surface area contributed by atoms with Gasteiger partial charge in [0.15, 0.2) is 4.77 Å². The van der Waals surface area contributed by atoms with E-state index in [-0.39, 0.29) is 17.5 Å². The van der Waals surface area contributed by atoms with Gasteiger partial charge in [0.25, 0.3) is 5.56 Å². The topological polar surface area (TPSA) is 91.9 Å². The maximum absolute atomic E-state index is 13.1. The number of rotatable bonds is 6. The lowest BCUT2D eigenvalue weighted by Gasteiger charge is -2.26. The highest BCUT2D eigenvalue weighted by atomic mass is 32.1. The lowest BCUT2D eigenvalue weighted by molar-refractivity contribution is -0.122. The first kappa shape index (κ1) is 21.5. The molecule has 8 heteroatoms. The largest absolute Gasteiger partial charge is 0.497 e. The predicted octanol–water partition coefficient (Wildman–Crippen LogP) is 4.52. The first-order valence-corrected chi connectivity index (χ1v) is 11.7. The Morgan fingerprint density at radius 3 is 2.91 bits per heavy atom. The molecule has 2 heterocycles. The fraction of sp³-hybridized carbons (Fsp3) is 0.320. The Morgan fingerprint density at radius 1 is 1.21 bits per heavy atom. The molecule has 1 aliphatic carbocycles. The van der Waals surface area contributed by atoms with Crippen molar-refractivity contribution in [1.82, 2.24) is 19.9 Å². The number of hydrogen-bond donors (Lipinski definition) is 3. The molecular weight excluding hydrogens is 436 g/mol. The van der Waals surface area contributed by atoms with Crippen LogP contribution in [-0.4, -0.2) is 27.6 Å². The summed E-state index contributed by atoms with van der Waals surface area (Å²) in [5.41, 5.74) is 4.32. The Bertz CT molecular complexity index is 1470. The first-order valence-electron chi connectivity index (χ1n) is 11.2. The minimum atomic E-state index is -0.189. The van der Waals surface area contributed by atoms with E-state index in [9.17, 15) is 9.59 Å². The molecule has 2 aromatic carbocycles. The van der Waals surface area contributed by atoms with Gasteiger partial charge in [0, 0.05) is 23.9 Å². The third kappa shape index (κ3) is 4.06. The van der Waals surface area contributed by atoms with Crippen LogP contribution in [0.3, 0.4) is 0 Å². The van der Waals surface area contributed by atoms with Crippen LogP contribution in [0.25, 0.3) is 21.9 Å². The van der Waals surface area contributed by atoms with Gasteiger partial charge < -0.3 is 20.0 Å². The van der Waals surface area contributed by atoms with Crippen molar-refractivity contribution in [3.8, 4) is 5.75 Å². The third-order valence-corrected chi connectivity index (χ3v) is 6.75. The van der Waals surface area contributed by atoms with E-state index in [1.165, 1.54) is 15.7 Å². The van der Waals surface area contributed by atoms with E-state index >= 15 is 0 Å². The number of ether oxygens (including phenoxy) is 1. The van der Waals surface area contributed by atoms with E-state index < -0.39 is 0 Å². The molecule has 7 nitrogen and oxygen atoms in total. The Hall–Kier alpha value is -3.39. The van der Waals surface area contributed by atoms with Crippen LogP contribution in [0, 0.1) is 4.77 Å². The molecule has 5 rings (SSSR count). The molecule has 0 unspecified atom stereocenters. The van der Waals surface area contributed by atoms with E-state index in [4.69, 9.17) is 17.0 Å². The minimum Gasteiger partial charge on any atom is -0.497 e. The van der Waals surface area contributed by atoms with Gasteiger partial charge in [0.2, 0.25) is 5.91 Å². The van der Waals surface area contributed by atoms with Crippen LogP contribution >= 0.6 is 12.2 Å². The van der Waals surface area contributed by atoms with Gasteiger partial charge in [-0.1, -0.05) is 24.3 Å². The number of carbonyl (C=O) groups excluding carboxylic acids is 1. The smallest absolute Gasteiger partial charge is 0.278 e. The molecule has 0 saturated heterocycles. The number of nitrogens with one attached hydrogen (secondary N) is 3. The number of aryl methyl sites for hydroxylation is 1. The summed E-state index contributed by atoms with van der Waals surface area (Å²) in [7, 11) is 1.61. The highest BCUT2D eigenvalue weighted by Gasteiger charge is 2.21. The predicted molar refractivity (Wildman–Crippen MR) is 131 cm³/mol. The zero-order chi connectivity index (χ0) is 22.9. The van der Waals surface area contributed by atoms with Crippen LogP contribution in [-0.2, 0) is 17.8 Å². The van der Waals surface area contributed by atoms with Gasteiger partial charge in [-0.05, 0) is 67.2 Å². The molecule has 33 heavy (non-hydrogen) atoms. The van der Waals surface area contributed by atoms with Gasteiger partial charge in [-0.15, -0.1) is 0 Å². The minimum absolute atomic E-state index is 0.00145. The highest BCUT2D eigenvalue weighted by molar-refractivity contribution is 7.71. The van der Waals surface area contributed by atoms with Gasteiger partial charge in [0.1, 0.15) is 11.3 Å². The summed E-state index contributed by atoms with van der Waals surface area (Å²) in [6.07, 6.45) is 3.95. The first-order chi connectivity index (χ1) is 16.0. The number of aromatic amines is 2. The summed E-state index contributed by atoms with van der Waals surface area (Å²) >= 11 is 5.47. The number of hydrogen-bond acceptors (Lipinski definition) is 4. The van der Waals surface area contributed by atoms with Crippen LogP contribution in [0.1, 0.15) is 42.9 Å². The number of benzene rings is 2. The standard InChI is InChI=1S/C25H26N4O3S/c1-32-16-11-12-20-18(14-16)22-23(27-20)24(31)29(25(33)28-22)13-5-10-21(30)26-19-9-4-7-15-6-2-3-8-17(15)19/h2-3,6,8,11-12,14,19,27H,4-5,7,9-10,13H2,1H3,(H,26,30)(H,28,33)/t19-/m0/s1. The van der Waals surface area contributed by atoms with Gasteiger partial charge >= 0.3 is 0 Å². The summed E-state index contributed by atoms with van der Waals surface area (Å²) in [6, 6.07) is 14.0. The fourth-order valence-electron chi connectivity index (χ4n) is 4.76. The third-order valence-electron chi connectivity index (χ3n) is 6.43. The fourth-order valence-corrected chi connectivity index (χ4v) is 5.04. The van der Waals surface area contributed by atoms with Crippen molar-refractivity contribution in [2.75, 3.05) is 7.11 Å². The highest BCUT2D eigenvalue weighted by Crippen LogP contribution is 2.29. The maximum atomic E-state index is 13.1. The van der Waals surface area contributed by atoms with E-state index in [0.29, 0.717) is 40.9 Å². The van der Waals surface area contributed by atoms with Gasteiger partial charge in [-0.2, -0.15) is 0 Å². The lowest BCUT2D eigenvalue weighted by Crippen LogP contribution is -2.31. The van der Waals surface area contributed by atoms with E-state index in [1.807, 2.05) is 30.3 Å². The quantitative estimate of drug-likeness (QED) is 0.367. The second kappa shape index (κ2) is 8.86. The number of H-pyrrole nitrogens is 2. The molecule has 3 N–H and O–H groups in total. The molecular formula is C25H26N4O3S. The van der Waals surface area contributed by atoms with E-state index in [2.05, 4.69) is 27.4 Å². The van der Waals surface area contributed by atoms with Gasteiger partial charge in [-0.25, -0.2) is 0 Å². The number of carbonyl (C=O) groups is 1. The van der Waals surface area contributed by atoms with Crippen molar-refractivity contribution in [3.63, 3.8) is 0 Å². The van der Waals surface area contributed by atoms with Gasteiger partial charge in [0.05, 0.1) is 18.7 Å². The van der Waals surface area contributed by atoms with Crippen molar-refractivity contribution < 1.29 is 9.53 Å². The van der Waals surface area contributed by atoms with E-state index in [1.54, 1.807) is 7.11 Å². The number of amides is 1. The van der Waals surface area contributed by atoms with Crippen LogP contribution in [0.15, 0.2) is 47.3 Å². The van der Waals surface area contributed by atoms with Crippen molar-refractivity contribution in [1.29, 1.82) is 0 Å². The average molecular weight is 463 g/mol. The Kier molecular flexibility index (Phi) is 5.76. The molecule has 0 saturated carbocycles. The Morgan fingerprint density at radius 2 is 2.06 bits per heavy atom. The molecule has 170 valence electrons. The molecule has 2 aromatic heterocycles. The van der Waals surface area contributed by atoms with Crippen LogP contribution in [0.5, 0.6) is 5.75 Å². The van der Waals surface area contributed by atoms with Crippen molar-refractivity contribution >= 4 is 40.1 Å². The number of fused-ring (bicyclic) bond motifs is 4. The van der Waals surface area contributed by atoms with Crippen molar-refractivity contribution in [2.45, 2.75) is 44.7 Å². The average Bonchev–Trinajstić information content (AvgIpc) is 3.19. The zero-order valence-electron chi connectivity index (χ0n) is 18.4. The molecule has 0 spiro atoms. The molecule has 4 aromatic rings. The second-order valence-corrected chi connectivity index (χ2v) is 8.87. The summed E-state index contributed by atoms with van der Waals surface area (Å²) in [6.45, 7) is 0.372. The molecule has 0 fully saturated rings. The van der Waals surface area contributed by atoms with E-state index in [0.717, 1.165) is 30.2 Å². The van der Waals surface area contributed by atoms with Gasteiger partial charge in [-0.3, -0.25) is 14.2 Å². The maximum Gasteiger partial charge on any atom is 0.278 e. The number of nitrogens with zero attached hydrogens (tertiary/aromatic N) is 1. The monoisotopic (exact) mass is 462 g/mol. The summed E-state index contributed by atoms with van der Waals surface area (Å²) in [5.74, 6) is 0.705. The zero-order valence-corrected chi connectivity index (χ0v) is 19.3. The van der Waals surface area contributed by atoms with Crippen molar-refractivity contribution in [3.05, 3.63) is 68.7 Å². The summed E-state index contributed by atoms with van der Waals surface area (Å²) in [4.78, 5) is 32.1. The second-order valence-electron chi connectivity index (χ2n) is 8.49. The Balaban J connectivity index is 1.30. The van der Waals surface area contributed by atoms with Crippen molar-refractivity contribution in [2.24, 2.45) is 0 Å². The molecule has 1 amide bonds. The van der Waals surface area contributed by atoms with Crippen LogP contribution in [0.4, 0.5) is 0 Å². The normalized spacial score (nSPS) is 15.5. The summed E-state index contributed by atoms with van der Waals surface area (Å²) in [5, 5.41) is 4.02. The molecule has 1 atom stereocenters. The molecule has 0 aliphatic heterocycles. The number of aromatic nitrogens is 3. The SMILES string of the molecule is COc1ccc2[nH]c3c(=O)n(CCCC(=O)N[C@H]4CCCc5ccccc54)c(=S)[nH]c3c2c1.